The first kappa shape index (κ1) is 50.3. The van der Waals surface area contributed by atoms with Crippen molar-refractivity contribution in [2.75, 3.05) is 66.9 Å². The molecule has 1 aromatic heterocycles. The van der Waals surface area contributed by atoms with E-state index in [9.17, 15) is 19.2 Å². The Morgan fingerprint density at radius 3 is 2.19 bits per heavy atom. The highest BCUT2D eigenvalue weighted by Crippen LogP contribution is 2.30. The number of carbonyl (C=O) groups excluding carboxylic acids is 4. The maximum absolute atomic E-state index is 14.3. The molecular weight excluding hydrogens is 803 g/mol. The fourth-order valence-electron chi connectivity index (χ4n) is 8.89. The maximum Gasteiger partial charge on any atom is 0.242 e. The summed E-state index contributed by atoms with van der Waals surface area (Å²) >= 11 is 1.51. The quantitative estimate of drug-likeness (QED) is 0.114. The molecule has 0 spiro atoms. The Kier molecular flexibility index (Phi) is 19.8. The summed E-state index contributed by atoms with van der Waals surface area (Å²) in [4.78, 5) is 67.9. The summed E-state index contributed by atoms with van der Waals surface area (Å²) in [5.74, 6) is -1.28. The molecule has 8 atom stereocenters. The lowest BCUT2D eigenvalue weighted by atomic mass is 9.90. The number of thiazole rings is 1. The molecule has 1 aliphatic rings. The standard InChI is InChI=1S/C48H73N7O6S/c1-12-33(4)44(54(9)42(57)31-50-47(59)43(32(2)3)53(8)27-24-35-20-22-37(23-21-35)52(6)7)40(60-10)30-41(56)55-26-16-19-39(55)45(61-11)34(5)46(58)51-38(48-49-25-28-62-48)29-36-17-14-13-15-18-36/h13-15,17-18,20-23,25,28,32-34,38-40,43-45H,12,16,19,24,26-27,29-31H2,1-11H3,(H,50,59)(H,51,58)/t33?,34?,38?,39?,40?,43?,44?,45-/m1/s1. The number of methoxy groups -OCH3 is 2. The van der Waals surface area contributed by atoms with Gasteiger partial charge in [-0.05, 0) is 67.8 Å². The van der Waals surface area contributed by atoms with Crippen LogP contribution in [0.25, 0.3) is 0 Å². The topological polar surface area (TPSA) is 137 Å². The predicted octanol–water partition coefficient (Wildman–Crippen LogP) is 5.84. The Bertz CT molecular complexity index is 1830. The van der Waals surface area contributed by atoms with Crippen LogP contribution < -0.4 is 15.5 Å². The first-order valence-electron chi connectivity index (χ1n) is 22.2. The van der Waals surface area contributed by atoms with E-state index in [1.807, 2.05) is 82.5 Å². The minimum Gasteiger partial charge on any atom is -0.379 e. The first-order chi connectivity index (χ1) is 29.6. The molecule has 0 saturated carbocycles. The highest BCUT2D eigenvalue weighted by atomic mass is 32.1. The Balaban J connectivity index is 1.39. The summed E-state index contributed by atoms with van der Waals surface area (Å²) in [6.07, 6.45) is 4.25. The number of carbonyl (C=O) groups is 4. The zero-order chi connectivity index (χ0) is 45.5. The second-order valence-corrected chi connectivity index (χ2v) is 18.4. The zero-order valence-corrected chi connectivity index (χ0v) is 39.8. The average Bonchev–Trinajstić information content (AvgIpc) is 3.99. The van der Waals surface area contributed by atoms with E-state index in [1.165, 1.54) is 16.9 Å². The minimum absolute atomic E-state index is 0.00905. The van der Waals surface area contributed by atoms with E-state index in [2.05, 4.69) is 63.5 Å². The van der Waals surface area contributed by atoms with Gasteiger partial charge in [0.15, 0.2) is 0 Å². The molecule has 0 bridgehead atoms. The van der Waals surface area contributed by atoms with Gasteiger partial charge in [0.05, 0.1) is 55.3 Å². The Morgan fingerprint density at radius 1 is 0.919 bits per heavy atom. The SMILES string of the molecule is CCC(C)C(C(CC(=O)N1CCCC1[C@H](OC)C(C)C(=O)NC(Cc1ccccc1)c1nccs1)OC)N(C)C(=O)CNC(=O)C(C(C)C)N(C)CCc1ccc(N(C)C)cc1. The van der Waals surface area contributed by atoms with Gasteiger partial charge in [0, 0.05) is 65.7 Å². The number of hydrogen-bond acceptors (Lipinski definition) is 10. The monoisotopic (exact) mass is 876 g/mol. The summed E-state index contributed by atoms with van der Waals surface area (Å²) in [6.45, 7) is 11.0. The smallest absolute Gasteiger partial charge is 0.242 e. The number of rotatable bonds is 24. The fraction of sp³-hybridized carbons (Fsp3) is 0.604. The summed E-state index contributed by atoms with van der Waals surface area (Å²) in [5, 5.41) is 8.90. The number of amides is 4. The maximum atomic E-state index is 14.3. The molecule has 0 radical (unpaired) electrons. The largest absolute Gasteiger partial charge is 0.379 e. The number of ether oxygens (including phenoxy) is 2. The minimum atomic E-state index is -0.608. The molecule has 342 valence electrons. The number of likely N-dealkylation sites (N-methyl/N-ethyl adjacent to an activating group) is 2. The summed E-state index contributed by atoms with van der Waals surface area (Å²) in [6, 6.07) is 17.0. The molecule has 14 heteroatoms. The van der Waals surface area contributed by atoms with Gasteiger partial charge in [0.1, 0.15) is 5.01 Å². The van der Waals surface area contributed by atoms with E-state index in [1.54, 1.807) is 32.4 Å². The highest BCUT2D eigenvalue weighted by Gasteiger charge is 2.42. The zero-order valence-electron chi connectivity index (χ0n) is 39.0. The predicted molar refractivity (Wildman–Crippen MR) is 248 cm³/mol. The van der Waals surface area contributed by atoms with Crippen LogP contribution in [0.1, 0.15) is 82.5 Å². The van der Waals surface area contributed by atoms with Gasteiger partial charge in [-0.2, -0.15) is 0 Å². The van der Waals surface area contributed by atoms with Crippen molar-refractivity contribution in [3.8, 4) is 0 Å². The third-order valence-corrected chi connectivity index (χ3v) is 13.5. The Labute approximate surface area is 374 Å². The molecule has 13 nitrogen and oxygen atoms in total. The van der Waals surface area contributed by atoms with Crippen molar-refractivity contribution in [3.05, 3.63) is 82.3 Å². The lowest BCUT2D eigenvalue weighted by Crippen LogP contribution is -2.55. The number of hydrogen-bond donors (Lipinski definition) is 2. The van der Waals surface area contributed by atoms with Gasteiger partial charge in [0.25, 0.3) is 0 Å². The first-order valence-corrected chi connectivity index (χ1v) is 23.1. The van der Waals surface area contributed by atoms with Gasteiger partial charge in [0.2, 0.25) is 23.6 Å². The molecule has 1 aliphatic heterocycles. The van der Waals surface area contributed by atoms with E-state index in [0.29, 0.717) is 25.9 Å². The summed E-state index contributed by atoms with van der Waals surface area (Å²) < 4.78 is 12.1. The van der Waals surface area contributed by atoms with Gasteiger partial charge < -0.3 is 34.8 Å². The Hall–Kier alpha value is -4.37. The number of nitrogens with one attached hydrogen (secondary N) is 2. The average molecular weight is 876 g/mol. The third-order valence-electron chi connectivity index (χ3n) is 12.6. The third kappa shape index (κ3) is 13.6. The van der Waals surface area contributed by atoms with Crippen LogP contribution in [0.4, 0.5) is 5.69 Å². The van der Waals surface area contributed by atoms with E-state index >= 15 is 0 Å². The van der Waals surface area contributed by atoms with E-state index < -0.39 is 30.2 Å². The number of likely N-dealkylation sites (tertiary alicyclic amines) is 1. The van der Waals surface area contributed by atoms with Gasteiger partial charge >= 0.3 is 0 Å². The van der Waals surface area contributed by atoms with Gasteiger partial charge in [-0.15, -0.1) is 11.3 Å². The van der Waals surface area contributed by atoms with Crippen LogP contribution in [0, 0.1) is 17.8 Å². The van der Waals surface area contributed by atoms with E-state index in [4.69, 9.17) is 9.47 Å². The molecule has 4 amide bonds. The van der Waals surface area contributed by atoms with Crippen molar-refractivity contribution >= 4 is 40.7 Å². The van der Waals surface area contributed by atoms with Crippen molar-refractivity contribution in [2.45, 2.75) is 110 Å². The van der Waals surface area contributed by atoms with Gasteiger partial charge in [-0.25, -0.2) is 4.98 Å². The van der Waals surface area contributed by atoms with Gasteiger partial charge in [-0.3, -0.25) is 24.1 Å². The lowest BCUT2D eigenvalue weighted by Gasteiger charge is -2.39. The molecule has 2 N–H and O–H groups in total. The van der Waals surface area contributed by atoms with Gasteiger partial charge in [-0.1, -0.05) is 83.5 Å². The second-order valence-electron chi connectivity index (χ2n) is 17.5. The molecule has 4 rings (SSSR count). The lowest BCUT2D eigenvalue weighted by molar-refractivity contribution is -0.146. The van der Waals surface area contributed by atoms with Crippen molar-refractivity contribution in [1.82, 2.24) is 30.3 Å². The Morgan fingerprint density at radius 2 is 1.61 bits per heavy atom. The molecule has 2 aromatic carbocycles. The molecule has 0 aliphatic carbocycles. The molecule has 2 heterocycles. The van der Waals surface area contributed by atoms with Crippen LogP contribution in [0.5, 0.6) is 0 Å². The number of benzene rings is 2. The van der Waals surface area contributed by atoms with Crippen LogP contribution in [0.15, 0.2) is 66.2 Å². The molecular formula is C48H73N7O6S. The molecule has 1 fully saturated rings. The molecule has 7 unspecified atom stereocenters. The summed E-state index contributed by atoms with van der Waals surface area (Å²) in [7, 11) is 10.9. The van der Waals surface area contributed by atoms with Crippen molar-refractivity contribution in [3.63, 3.8) is 0 Å². The number of aromatic nitrogens is 1. The van der Waals surface area contributed by atoms with Crippen LogP contribution in [-0.4, -0.2) is 136 Å². The van der Waals surface area contributed by atoms with E-state index in [-0.39, 0.29) is 60.5 Å². The van der Waals surface area contributed by atoms with Crippen LogP contribution in [0.2, 0.25) is 0 Å². The van der Waals surface area contributed by atoms with Crippen LogP contribution in [-0.2, 0) is 41.5 Å². The number of nitrogens with zero attached hydrogens (tertiary/aromatic N) is 5. The normalized spacial score (nSPS) is 17.5. The summed E-state index contributed by atoms with van der Waals surface area (Å²) in [5.41, 5.74) is 3.42. The fourth-order valence-corrected chi connectivity index (χ4v) is 9.58. The molecule has 3 aromatic rings. The van der Waals surface area contributed by atoms with Crippen LogP contribution in [0.3, 0.4) is 0 Å². The van der Waals surface area contributed by atoms with Crippen LogP contribution >= 0.6 is 11.3 Å². The van der Waals surface area contributed by atoms with Crippen molar-refractivity contribution < 1.29 is 28.7 Å². The second kappa shape index (κ2) is 24.5. The van der Waals surface area contributed by atoms with Crippen molar-refractivity contribution in [2.24, 2.45) is 17.8 Å². The van der Waals surface area contributed by atoms with E-state index in [0.717, 1.165) is 35.5 Å². The molecule has 62 heavy (non-hydrogen) atoms. The van der Waals surface area contributed by atoms with Crippen molar-refractivity contribution in [1.29, 1.82) is 0 Å². The molecule has 1 saturated heterocycles. The highest BCUT2D eigenvalue weighted by molar-refractivity contribution is 7.09. The number of anilines is 1.